The molecule has 0 aliphatic carbocycles. The summed E-state index contributed by atoms with van der Waals surface area (Å²) in [5.74, 6) is 1.33. The first-order valence-corrected chi connectivity index (χ1v) is 14.2. The maximum absolute atomic E-state index is 12.3. The van der Waals surface area contributed by atoms with Gasteiger partial charge in [0, 0.05) is 31.0 Å². The van der Waals surface area contributed by atoms with Gasteiger partial charge in [-0.25, -0.2) is 22.9 Å². The number of amides is 1. The monoisotopic (exact) mass is 516 g/mol. The Kier molecular flexibility index (Phi) is 7.99. The fourth-order valence-corrected chi connectivity index (χ4v) is 5.50. The van der Waals surface area contributed by atoms with Gasteiger partial charge in [0.15, 0.2) is 0 Å². The van der Waals surface area contributed by atoms with Crippen LogP contribution in [0.25, 0.3) is 0 Å². The van der Waals surface area contributed by atoms with E-state index in [4.69, 9.17) is 4.74 Å². The molecule has 2 saturated heterocycles. The topological polar surface area (TPSA) is 117 Å². The predicted molar refractivity (Wildman–Crippen MR) is 141 cm³/mol. The Hall–Kier alpha value is -2.92. The molecule has 1 aromatic carbocycles. The second-order valence-electron chi connectivity index (χ2n) is 9.74. The maximum atomic E-state index is 12.3. The summed E-state index contributed by atoms with van der Waals surface area (Å²) in [5.41, 5.74) is 2.20. The number of nitrogens with one attached hydrogen (secondary N) is 2. The minimum absolute atomic E-state index is 0.00342. The van der Waals surface area contributed by atoms with E-state index in [1.54, 1.807) is 24.1 Å². The molecule has 2 aromatic rings. The Morgan fingerprint density at radius 2 is 1.81 bits per heavy atom. The standard InChI is InChI=1S/C25H36N6O4S/c1-5-36(33,34)29-20-11-14-30(15-12-20)21-8-6-19(7-9-21)18(4)27-24-26-13-10-23(28-24)31-22(17(2)3)16-35-25(31)32/h6-10,13,17-18,20,22,29H,5,11-12,14-16H2,1-4H3,(H,26,27,28)/t18-,22+/m0/s1. The molecule has 0 spiro atoms. The number of nitrogens with zero attached hydrogens (tertiary/aromatic N) is 4. The number of hydrogen-bond acceptors (Lipinski definition) is 8. The highest BCUT2D eigenvalue weighted by atomic mass is 32.2. The summed E-state index contributed by atoms with van der Waals surface area (Å²) < 4.78 is 31.7. The first-order valence-electron chi connectivity index (χ1n) is 12.6. The van der Waals surface area contributed by atoms with Gasteiger partial charge in [-0.05, 0) is 56.4 Å². The molecule has 2 atom stereocenters. The fourth-order valence-electron chi connectivity index (χ4n) is 4.59. The molecular weight excluding hydrogens is 480 g/mol. The van der Waals surface area contributed by atoms with E-state index in [0.717, 1.165) is 37.2 Å². The zero-order valence-electron chi connectivity index (χ0n) is 21.3. The van der Waals surface area contributed by atoms with E-state index in [9.17, 15) is 13.2 Å². The van der Waals surface area contributed by atoms with Gasteiger partial charge < -0.3 is 15.0 Å². The highest BCUT2D eigenvalue weighted by Crippen LogP contribution is 2.27. The summed E-state index contributed by atoms with van der Waals surface area (Å²) >= 11 is 0. The molecule has 0 radical (unpaired) electrons. The summed E-state index contributed by atoms with van der Waals surface area (Å²) in [4.78, 5) is 25.1. The van der Waals surface area contributed by atoms with Crippen LogP contribution >= 0.6 is 0 Å². The molecule has 196 valence electrons. The zero-order valence-corrected chi connectivity index (χ0v) is 22.2. The predicted octanol–water partition coefficient (Wildman–Crippen LogP) is 3.54. The zero-order chi connectivity index (χ0) is 25.9. The van der Waals surface area contributed by atoms with Crippen molar-refractivity contribution in [1.82, 2.24) is 14.7 Å². The molecule has 11 heteroatoms. The van der Waals surface area contributed by atoms with Crippen molar-refractivity contribution in [2.75, 3.05) is 40.6 Å². The minimum Gasteiger partial charge on any atom is -0.447 e. The van der Waals surface area contributed by atoms with Gasteiger partial charge in [-0.3, -0.25) is 4.90 Å². The Balaban J connectivity index is 1.36. The lowest BCUT2D eigenvalue weighted by Gasteiger charge is -2.34. The van der Waals surface area contributed by atoms with Crippen LogP contribution in [0.5, 0.6) is 0 Å². The quantitative estimate of drug-likeness (QED) is 0.520. The molecule has 3 heterocycles. The van der Waals surface area contributed by atoms with Gasteiger partial charge in [0.05, 0.1) is 17.8 Å². The SMILES string of the molecule is CCS(=O)(=O)NC1CCN(c2ccc([C@H](C)Nc3nccc(N4C(=O)OC[C@@H]4C(C)C)n3)cc2)CC1. The number of aromatic nitrogens is 2. The molecule has 10 nitrogen and oxygen atoms in total. The van der Waals surface area contributed by atoms with Crippen molar-refractivity contribution in [1.29, 1.82) is 0 Å². The summed E-state index contributed by atoms with van der Waals surface area (Å²) in [6.07, 6.45) is 2.84. The number of sulfonamides is 1. The molecule has 1 amide bonds. The maximum Gasteiger partial charge on any atom is 0.415 e. The van der Waals surface area contributed by atoms with Crippen molar-refractivity contribution in [3.8, 4) is 0 Å². The minimum atomic E-state index is -3.17. The molecule has 2 aliphatic heterocycles. The van der Waals surface area contributed by atoms with Gasteiger partial charge >= 0.3 is 6.09 Å². The molecule has 2 fully saturated rings. The lowest BCUT2D eigenvalue weighted by Crippen LogP contribution is -2.45. The van der Waals surface area contributed by atoms with Crippen molar-refractivity contribution < 1.29 is 17.9 Å². The number of piperidine rings is 1. The number of benzene rings is 1. The molecule has 0 bridgehead atoms. The van der Waals surface area contributed by atoms with E-state index >= 15 is 0 Å². The van der Waals surface area contributed by atoms with Crippen LogP contribution in [-0.2, 0) is 14.8 Å². The van der Waals surface area contributed by atoms with E-state index in [2.05, 4.69) is 63.0 Å². The molecule has 2 aliphatic rings. The van der Waals surface area contributed by atoms with Crippen molar-refractivity contribution in [2.45, 2.75) is 58.7 Å². The van der Waals surface area contributed by atoms with Crippen LogP contribution in [0.2, 0.25) is 0 Å². The molecule has 4 rings (SSSR count). The van der Waals surface area contributed by atoms with E-state index in [1.807, 2.05) is 6.92 Å². The van der Waals surface area contributed by atoms with Crippen LogP contribution in [0, 0.1) is 5.92 Å². The first-order chi connectivity index (χ1) is 17.2. The van der Waals surface area contributed by atoms with Crippen LogP contribution in [0.1, 0.15) is 52.1 Å². The summed E-state index contributed by atoms with van der Waals surface area (Å²) in [5, 5.41) is 3.33. The average Bonchev–Trinajstić information content (AvgIpc) is 3.26. The number of carbonyl (C=O) groups excluding carboxylic acids is 1. The van der Waals surface area contributed by atoms with Crippen LogP contribution in [0.3, 0.4) is 0 Å². The molecule has 2 N–H and O–H groups in total. The Morgan fingerprint density at radius 1 is 1.11 bits per heavy atom. The van der Waals surface area contributed by atoms with Crippen LogP contribution in [0.15, 0.2) is 36.5 Å². The molecule has 1 aromatic heterocycles. The third kappa shape index (κ3) is 6.07. The van der Waals surface area contributed by atoms with Gasteiger partial charge in [0.1, 0.15) is 12.4 Å². The van der Waals surface area contributed by atoms with Gasteiger partial charge in [0.2, 0.25) is 16.0 Å². The van der Waals surface area contributed by atoms with E-state index < -0.39 is 10.0 Å². The van der Waals surface area contributed by atoms with Gasteiger partial charge in [-0.1, -0.05) is 26.0 Å². The van der Waals surface area contributed by atoms with E-state index in [-0.39, 0.29) is 35.9 Å². The number of carbonyl (C=O) groups is 1. The number of cyclic esters (lactones) is 1. The van der Waals surface area contributed by atoms with Crippen LogP contribution in [0.4, 0.5) is 22.2 Å². The lowest BCUT2D eigenvalue weighted by molar-refractivity contribution is 0.177. The Labute approximate surface area is 213 Å². The Bertz CT molecular complexity index is 1150. The first kappa shape index (κ1) is 26.2. The molecule has 36 heavy (non-hydrogen) atoms. The summed E-state index contributed by atoms with van der Waals surface area (Å²) in [6, 6.07) is 9.97. The summed E-state index contributed by atoms with van der Waals surface area (Å²) in [7, 11) is -3.17. The van der Waals surface area contributed by atoms with Gasteiger partial charge in [-0.2, -0.15) is 4.98 Å². The van der Waals surface area contributed by atoms with Crippen molar-refractivity contribution >= 4 is 33.6 Å². The largest absolute Gasteiger partial charge is 0.447 e. The normalized spacial score (nSPS) is 20.0. The molecular formula is C25H36N6O4S. The number of hydrogen-bond donors (Lipinski definition) is 2. The van der Waals surface area contributed by atoms with Crippen molar-refractivity contribution in [3.05, 3.63) is 42.1 Å². The highest BCUT2D eigenvalue weighted by molar-refractivity contribution is 7.89. The average molecular weight is 517 g/mol. The number of ether oxygens (including phenoxy) is 1. The molecule has 0 unspecified atom stereocenters. The van der Waals surface area contributed by atoms with Crippen LogP contribution in [-0.4, -0.2) is 62.0 Å². The van der Waals surface area contributed by atoms with Gasteiger partial charge in [-0.15, -0.1) is 0 Å². The smallest absolute Gasteiger partial charge is 0.415 e. The van der Waals surface area contributed by atoms with E-state index in [0.29, 0.717) is 18.4 Å². The number of anilines is 3. The highest BCUT2D eigenvalue weighted by Gasteiger charge is 2.37. The van der Waals surface area contributed by atoms with Crippen molar-refractivity contribution in [2.24, 2.45) is 5.92 Å². The third-order valence-corrected chi connectivity index (χ3v) is 8.34. The second-order valence-corrected chi connectivity index (χ2v) is 11.8. The second kappa shape index (κ2) is 11.0. The Morgan fingerprint density at radius 3 is 2.44 bits per heavy atom. The molecule has 0 saturated carbocycles. The lowest BCUT2D eigenvalue weighted by atomic mass is 10.0. The number of rotatable bonds is 9. The van der Waals surface area contributed by atoms with Crippen LogP contribution < -0.4 is 19.8 Å². The summed E-state index contributed by atoms with van der Waals surface area (Å²) in [6.45, 7) is 9.78. The third-order valence-electron chi connectivity index (χ3n) is 6.89. The van der Waals surface area contributed by atoms with Gasteiger partial charge in [0.25, 0.3) is 0 Å². The fraction of sp³-hybridized carbons (Fsp3) is 0.560. The van der Waals surface area contributed by atoms with Crippen molar-refractivity contribution in [3.63, 3.8) is 0 Å². The van der Waals surface area contributed by atoms with E-state index in [1.165, 1.54) is 0 Å².